The van der Waals surface area contributed by atoms with Gasteiger partial charge < -0.3 is 10.5 Å². The van der Waals surface area contributed by atoms with E-state index in [1.165, 1.54) is 0 Å². The van der Waals surface area contributed by atoms with E-state index in [1.54, 1.807) is 12.3 Å². The van der Waals surface area contributed by atoms with Crippen LogP contribution in [0.1, 0.15) is 11.3 Å². The van der Waals surface area contributed by atoms with E-state index in [9.17, 15) is 0 Å². The minimum Gasteiger partial charge on any atom is -0.454 e. The molecule has 0 radical (unpaired) electrons. The minimum absolute atomic E-state index is 0.464. The normalized spacial score (nSPS) is 10.3. The van der Waals surface area contributed by atoms with Gasteiger partial charge in [0.25, 0.3) is 0 Å². The fourth-order valence-electron chi connectivity index (χ4n) is 1.40. The number of aromatic nitrogens is 1. The van der Waals surface area contributed by atoms with Crippen LogP contribution < -0.4 is 10.5 Å². The lowest BCUT2D eigenvalue weighted by molar-refractivity contribution is 0.480. The molecule has 1 aromatic heterocycles. The van der Waals surface area contributed by atoms with E-state index in [1.807, 2.05) is 31.2 Å². The molecule has 0 amide bonds. The highest BCUT2D eigenvalue weighted by atomic mass is 35.5. The summed E-state index contributed by atoms with van der Waals surface area (Å²) in [6.45, 7) is 2.39. The maximum atomic E-state index is 6.09. The van der Waals surface area contributed by atoms with Crippen molar-refractivity contribution in [2.24, 2.45) is 5.73 Å². The smallest absolute Gasteiger partial charge is 0.146 e. The highest BCUT2D eigenvalue weighted by Crippen LogP contribution is 2.29. The van der Waals surface area contributed by atoms with Crippen LogP contribution in [-0.2, 0) is 6.54 Å². The van der Waals surface area contributed by atoms with E-state index in [2.05, 4.69) is 4.98 Å². The summed E-state index contributed by atoms with van der Waals surface area (Å²) in [5.74, 6) is 1.27. The molecule has 0 spiro atoms. The van der Waals surface area contributed by atoms with Crippen molar-refractivity contribution in [3.8, 4) is 11.5 Å². The van der Waals surface area contributed by atoms with E-state index in [4.69, 9.17) is 22.1 Å². The van der Waals surface area contributed by atoms with Crippen molar-refractivity contribution in [2.45, 2.75) is 13.5 Å². The third-order valence-corrected chi connectivity index (χ3v) is 2.64. The number of ether oxygens (including phenoxy) is 1. The molecule has 17 heavy (non-hydrogen) atoms. The van der Waals surface area contributed by atoms with Gasteiger partial charge >= 0.3 is 0 Å². The highest BCUT2D eigenvalue weighted by molar-refractivity contribution is 6.32. The lowest BCUT2D eigenvalue weighted by atomic mass is 10.2. The van der Waals surface area contributed by atoms with Gasteiger partial charge in [-0.25, -0.2) is 0 Å². The van der Waals surface area contributed by atoms with Gasteiger partial charge in [0.2, 0.25) is 0 Å². The number of nitrogens with two attached hydrogens (primary N) is 1. The Bertz CT molecular complexity index is 511. The lowest BCUT2D eigenvalue weighted by Gasteiger charge is -2.08. The van der Waals surface area contributed by atoms with Crippen molar-refractivity contribution >= 4 is 11.6 Å². The third kappa shape index (κ3) is 2.96. The first-order chi connectivity index (χ1) is 8.19. The molecule has 1 heterocycles. The Balaban J connectivity index is 2.21. The Morgan fingerprint density at radius 3 is 2.71 bits per heavy atom. The molecule has 0 atom stereocenters. The Hall–Kier alpha value is -1.58. The number of nitrogens with zero attached hydrogens (tertiary/aromatic N) is 1. The fraction of sp³-hybridized carbons (Fsp3) is 0.154. The molecule has 1 aromatic carbocycles. The van der Waals surface area contributed by atoms with Crippen molar-refractivity contribution in [3.05, 3.63) is 52.8 Å². The van der Waals surface area contributed by atoms with Crippen LogP contribution in [0.5, 0.6) is 11.5 Å². The summed E-state index contributed by atoms with van der Waals surface area (Å²) >= 11 is 6.09. The molecular formula is C13H13ClN2O. The zero-order valence-corrected chi connectivity index (χ0v) is 10.2. The number of benzene rings is 1. The van der Waals surface area contributed by atoms with Crippen molar-refractivity contribution in [1.29, 1.82) is 0 Å². The zero-order chi connectivity index (χ0) is 12.3. The molecule has 0 aliphatic rings. The predicted octanol–water partition coefficient (Wildman–Crippen LogP) is 3.29. The fourth-order valence-corrected chi connectivity index (χ4v) is 1.64. The number of hydrogen-bond acceptors (Lipinski definition) is 3. The average Bonchev–Trinajstić information content (AvgIpc) is 2.34. The Labute approximate surface area is 105 Å². The van der Waals surface area contributed by atoms with Gasteiger partial charge in [0, 0.05) is 12.2 Å². The molecule has 4 heteroatoms. The summed E-state index contributed by atoms with van der Waals surface area (Å²) in [4.78, 5) is 4.15. The van der Waals surface area contributed by atoms with Gasteiger partial charge in [-0.05, 0) is 36.8 Å². The molecule has 0 saturated heterocycles. The molecule has 2 aromatic rings. The van der Waals surface area contributed by atoms with Gasteiger partial charge in [-0.3, -0.25) is 4.98 Å². The Morgan fingerprint density at radius 2 is 2.12 bits per heavy atom. The van der Waals surface area contributed by atoms with Crippen molar-refractivity contribution in [3.63, 3.8) is 0 Å². The maximum Gasteiger partial charge on any atom is 0.146 e. The zero-order valence-electron chi connectivity index (χ0n) is 9.48. The van der Waals surface area contributed by atoms with Crippen molar-refractivity contribution in [1.82, 2.24) is 4.98 Å². The molecule has 0 bridgehead atoms. The first-order valence-corrected chi connectivity index (χ1v) is 5.66. The van der Waals surface area contributed by atoms with Gasteiger partial charge in [-0.15, -0.1) is 0 Å². The van der Waals surface area contributed by atoms with E-state index >= 15 is 0 Å². The molecule has 0 unspecified atom stereocenters. The molecular weight excluding hydrogens is 236 g/mol. The minimum atomic E-state index is 0.464. The van der Waals surface area contributed by atoms with Crippen LogP contribution in [0.2, 0.25) is 5.02 Å². The van der Waals surface area contributed by atoms with Gasteiger partial charge in [-0.1, -0.05) is 17.7 Å². The summed E-state index contributed by atoms with van der Waals surface area (Å²) in [5.41, 5.74) is 7.45. The number of hydrogen-bond donors (Lipinski definition) is 1. The lowest BCUT2D eigenvalue weighted by Crippen LogP contribution is -1.96. The summed E-state index contributed by atoms with van der Waals surface area (Å²) < 4.78 is 5.63. The number of pyridine rings is 1. The number of rotatable bonds is 3. The number of halogens is 1. The van der Waals surface area contributed by atoms with Crippen LogP contribution in [0.3, 0.4) is 0 Å². The van der Waals surface area contributed by atoms with E-state index in [0.717, 1.165) is 11.3 Å². The van der Waals surface area contributed by atoms with Crippen LogP contribution in [0, 0.1) is 6.92 Å². The van der Waals surface area contributed by atoms with Crippen molar-refractivity contribution in [2.75, 3.05) is 0 Å². The quantitative estimate of drug-likeness (QED) is 0.907. The van der Waals surface area contributed by atoms with Gasteiger partial charge in [0.15, 0.2) is 0 Å². The van der Waals surface area contributed by atoms with Gasteiger partial charge in [0.05, 0.1) is 11.2 Å². The Kier molecular flexibility index (Phi) is 3.61. The van der Waals surface area contributed by atoms with Gasteiger partial charge in [-0.2, -0.15) is 0 Å². The van der Waals surface area contributed by atoms with E-state index in [0.29, 0.717) is 23.1 Å². The molecule has 3 nitrogen and oxygen atoms in total. The molecule has 0 aliphatic heterocycles. The first kappa shape index (κ1) is 11.9. The molecule has 2 rings (SSSR count). The monoisotopic (exact) mass is 248 g/mol. The number of aryl methyl sites for hydroxylation is 1. The van der Waals surface area contributed by atoms with E-state index in [-0.39, 0.29) is 0 Å². The third-order valence-electron chi connectivity index (χ3n) is 2.34. The largest absolute Gasteiger partial charge is 0.454 e. The topological polar surface area (TPSA) is 48.1 Å². The van der Waals surface area contributed by atoms with Crippen LogP contribution in [0.4, 0.5) is 0 Å². The van der Waals surface area contributed by atoms with Crippen LogP contribution in [0.15, 0.2) is 36.5 Å². The van der Waals surface area contributed by atoms with Crippen LogP contribution in [0.25, 0.3) is 0 Å². The predicted molar refractivity (Wildman–Crippen MR) is 68.4 cm³/mol. The average molecular weight is 249 g/mol. The molecule has 0 aliphatic carbocycles. The molecule has 0 saturated carbocycles. The molecule has 88 valence electrons. The SMILES string of the molecule is Cc1ccc(Oc2ccc(CN)cc2Cl)cn1. The first-order valence-electron chi connectivity index (χ1n) is 5.28. The van der Waals surface area contributed by atoms with Gasteiger partial charge in [0.1, 0.15) is 11.5 Å². The summed E-state index contributed by atoms with van der Waals surface area (Å²) in [6.07, 6.45) is 1.67. The maximum absolute atomic E-state index is 6.09. The Morgan fingerprint density at radius 1 is 1.29 bits per heavy atom. The second-order valence-corrected chi connectivity index (χ2v) is 4.11. The van der Waals surface area contributed by atoms with Crippen molar-refractivity contribution < 1.29 is 4.74 Å². The van der Waals surface area contributed by atoms with E-state index < -0.39 is 0 Å². The second kappa shape index (κ2) is 5.17. The summed E-state index contributed by atoms with van der Waals surface area (Å²) in [7, 11) is 0. The molecule has 0 fully saturated rings. The second-order valence-electron chi connectivity index (χ2n) is 3.71. The standard InChI is InChI=1S/C13H13ClN2O/c1-9-2-4-11(8-16-9)17-13-5-3-10(7-15)6-12(13)14/h2-6,8H,7,15H2,1H3. The van der Waals surface area contributed by atoms with Crippen LogP contribution in [-0.4, -0.2) is 4.98 Å². The highest BCUT2D eigenvalue weighted by Gasteiger charge is 2.04. The molecule has 2 N–H and O–H groups in total. The van der Waals surface area contributed by atoms with Crippen LogP contribution >= 0.6 is 11.6 Å². The summed E-state index contributed by atoms with van der Waals surface area (Å²) in [5, 5.41) is 0.550. The summed E-state index contributed by atoms with van der Waals surface area (Å²) in [6, 6.07) is 9.25.